The molecule has 132 valence electrons. The fourth-order valence-corrected chi connectivity index (χ4v) is 3.51. The van der Waals surface area contributed by atoms with Crippen LogP contribution >= 0.6 is 11.8 Å². The van der Waals surface area contributed by atoms with Crippen LogP contribution in [-0.2, 0) is 12.2 Å². The molecular weight excluding hydrogens is 340 g/mol. The molecule has 2 aromatic rings. The summed E-state index contributed by atoms with van der Waals surface area (Å²) in [5.41, 5.74) is 5.92. The minimum atomic E-state index is 0.487. The zero-order valence-electron chi connectivity index (χ0n) is 14.4. The Balaban J connectivity index is 1.78. The molecular formula is C17H20N4O3S. The Bertz CT molecular complexity index is 783. The van der Waals surface area contributed by atoms with E-state index in [0.717, 1.165) is 29.2 Å². The molecule has 1 aliphatic rings. The molecule has 25 heavy (non-hydrogen) atoms. The van der Waals surface area contributed by atoms with Crippen molar-refractivity contribution in [3.05, 3.63) is 35.2 Å². The molecule has 0 saturated carbocycles. The van der Waals surface area contributed by atoms with E-state index in [9.17, 15) is 0 Å². The number of aryl methyl sites for hydroxylation is 1. The van der Waals surface area contributed by atoms with Gasteiger partial charge in [0.1, 0.15) is 0 Å². The standard InChI is InChI=1S/C17H20N4O3S/c1-22-14-5-4-11(15(23-2)16(14)24-3)9-19-21-17-18-8-12-10-25-7-6-13(12)20-17/h4-5,8-9H,6-7,10H2,1-3H3,(H,18,20,21). The number of nitrogens with one attached hydrogen (secondary N) is 1. The summed E-state index contributed by atoms with van der Waals surface area (Å²) in [5, 5.41) is 4.22. The highest BCUT2D eigenvalue weighted by Crippen LogP contribution is 2.39. The first-order chi connectivity index (χ1) is 12.3. The largest absolute Gasteiger partial charge is 0.493 e. The Labute approximate surface area is 150 Å². The molecule has 1 aromatic carbocycles. The van der Waals surface area contributed by atoms with Gasteiger partial charge in [0.25, 0.3) is 0 Å². The molecule has 0 spiro atoms. The van der Waals surface area contributed by atoms with Crippen molar-refractivity contribution in [3.8, 4) is 17.2 Å². The van der Waals surface area contributed by atoms with Crippen molar-refractivity contribution in [3.63, 3.8) is 0 Å². The lowest BCUT2D eigenvalue weighted by Gasteiger charge is -2.14. The van der Waals surface area contributed by atoms with Crippen molar-refractivity contribution >= 4 is 23.9 Å². The van der Waals surface area contributed by atoms with Gasteiger partial charge in [-0.2, -0.15) is 16.9 Å². The van der Waals surface area contributed by atoms with Crippen LogP contribution in [0, 0.1) is 0 Å². The number of hydrazone groups is 1. The molecule has 8 heteroatoms. The van der Waals surface area contributed by atoms with Gasteiger partial charge in [-0.3, -0.25) is 0 Å². The van der Waals surface area contributed by atoms with E-state index in [2.05, 4.69) is 20.5 Å². The van der Waals surface area contributed by atoms with Crippen molar-refractivity contribution in [1.29, 1.82) is 0 Å². The maximum absolute atomic E-state index is 5.43. The quantitative estimate of drug-likeness (QED) is 0.627. The summed E-state index contributed by atoms with van der Waals surface area (Å²) in [4.78, 5) is 8.82. The van der Waals surface area contributed by atoms with Gasteiger partial charge in [0.15, 0.2) is 11.5 Å². The smallest absolute Gasteiger partial charge is 0.243 e. The third-order valence-electron chi connectivity index (χ3n) is 3.80. The molecule has 0 unspecified atom stereocenters. The number of thioether (sulfide) groups is 1. The second kappa shape index (κ2) is 8.06. The molecule has 1 aromatic heterocycles. The lowest BCUT2D eigenvalue weighted by molar-refractivity contribution is 0.324. The Morgan fingerprint density at radius 1 is 1.16 bits per heavy atom. The molecule has 3 rings (SSSR count). The fraction of sp³-hybridized carbons (Fsp3) is 0.353. The van der Waals surface area contributed by atoms with Gasteiger partial charge in [-0.15, -0.1) is 0 Å². The summed E-state index contributed by atoms with van der Waals surface area (Å²) in [7, 11) is 4.73. The molecule has 0 atom stereocenters. The molecule has 2 heterocycles. The first-order valence-corrected chi connectivity index (χ1v) is 8.93. The first kappa shape index (κ1) is 17.3. The lowest BCUT2D eigenvalue weighted by Crippen LogP contribution is -2.08. The zero-order valence-corrected chi connectivity index (χ0v) is 15.2. The third kappa shape index (κ3) is 3.79. The molecule has 1 aliphatic heterocycles. The number of fused-ring (bicyclic) bond motifs is 1. The lowest BCUT2D eigenvalue weighted by atomic mass is 10.2. The highest BCUT2D eigenvalue weighted by atomic mass is 32.2. The topological polar surface area (TPSA) is 77.9 Å². The second-order valence-electron chi connectivity index (χ2n) is 5.26. The predicted octanol–water partition coefficient (Wildman–Crippen LogP) is 2.74. The van der Waals surface area contributed by atoms with Crippen LogP contribution in [0.1, 0.15) is 16.8 Å². The van der Waals surface area contributed by atoms with E-state index in [0.29, 0.717) is 23.2 Å². The number of nitrogens with zero attached hydrogens (tertiary/aromatic N) is 3. The number of hydrogen-bond acceptors (Lipinski definition) is 8. The van der Waals surface area contributed by atoms with E-state index in [1.165, 1.54) is 5.56 Å². The molecule has 0 fully saturated rings. The summed E-state index contributed by atoms with van der Waals surface area (Å²) < 4.78 is 16.1. The van der Waals surface area contributed by atoms with Crippen LogP contribution in [0.25, 0.3) is 0 Å². The predicted molar refractivity (Wildman–Crippen MR) is 99.2 cm³/mol. The van der Waals surface area contributed by atoms with E-state index in [4.69, 9.17) is 14.2 Å². The van der Waals surface area contributed by atoms with Crippen LogP contribution < -0.4 is 19.6 Å². The Hall–Kier alpha value is -2.48. The van der Waals surface area contributed by atoms with E-state index >= 15 is 0 Å². The van der Waals surface area contributed by atoms with Gasteiger partial charge in [-0.25, -0.2) is 15.4 Å². The summed E-state index contributed by atoms with van der Waals surface area (Å²) in [6.07, 6.45) is 4.47. The molecule has 0 bridgehead atoms. The van der Waals surface area contributed by atoms with Crippen molar-refractivity contribution in [2.24, 2.45) is 5.10 Å². The highest BCUT2D eigenvalue weighted by Gasteiger charge is 2.15. The van der Waals surface area contributed by atoms with E-state index in [-0.39, 0.29) is 0 Å². The number of rotatable bonds is 6. The van der Waals surface area contributed by atoms with Crippen LogP contribution in [0.4, 0.5) is 5.95 Å². The van der Waals surface area contributed by atoms with Crippen LogP contribution in [0.2, 0.25) is 0 Å². The minimum Gasteiger partial charge on any atom is -0.493 e. The van der Waals surface area contributed by atoms with Gasteiger partial charge < -0.3 is 14.2 Å². The monoisotopic (exact) mass is 360 g/mol. The minimum absolute atomic E-state index is 0.487. The van der Waals surface area contributed by atoms with Gasteiger partial charge in [0, 0.05) is 23.1 Å². The van der Waals surface area contributed by atoms with E-state index in [1.807, 2.05) is 24.0 Å². The first-order valence-electron chi connectivity index (χ1n) is 7.77. The normalized spacial score (nSPS) is 13.4. The Morgan fingerprint density at radius 2 is 2.00 bits per heavy atom. The number of methoxy groups -OCH3 is 3. The molecule has 0 radical (unpaired) electrons. The number of anilines is 1. The highest BCUT2D eigenvalue weighted by molar-refractivity contribution is 7.98. The van der Waals surface area contributed by atoms with Gasteiger partial charge in [0.2, 0.25) is 11.7 Å². The van der Waals surface area contributed by atoms with E-state index in [1.54, 1.807) is 33.6 Å². The summed E-state index contributed by atoms with van der Waals surface area (Å²) >= 11 is 1.90. The van der Waals surface area contributed by atoms with Gasteiger partial charge in [0.05, 0.1) is 33.2 Å². The third-order valence-corrected chi connectivity index (χ3v) is 4.81. The molecule has 0 amide bonds. The van der Waals surface area contributed by atoms with Gasteiger partial charge in [-0.05, 0) is 24.3 Å². The van der Waals surface area contributed by atoms with Gasteiger partial charge in [-0.1, -0.05) is 0 Å². The molecule has 1 N–H and O–H groups in total. The number of ether oxygens (including phenoxy) is 3. The second-order valence-corrected chi connectivity index (χ2v) is 6.37. The van der Waals surface area contributed by atoms with Crippen LogP contribution in [0.3, 0.4) is 0 Å². The maximum atomic E-state index is 5.43. The average Bonchev–Trinajstić information content (AvgIpc) is 2.67. The summed E-state index contributed by atoms with van der Waals surface area (Å²) in [6, 6.07) is 3.64. The zero-order chi connectivity index (χ0) is 17.6. The maximum Gasteiger partial charge on any atom is 0.243 e. The molecule has 0 saturated heterocycles. The number of benzene rings is 1. The molecule has 0 aliphatic carbocycles. The summed E-state index contributed by atoms with van der Waals surface area (Å²) in [6.45, 7) is 0. The Morgan fingerprint density at radius 3 is 2.76 bits per heavy atom. The SMILES string of the molecule is COc1ccc(C=NNc2ncc3c(n2)CCSC3)c(OC)c1OC. The molecule has 7 nitrogen and oxygen atoms in total. The van der Waals surface area contributed by atoms with Crippen molar-refractivity contribution < 1.29 is 14.2 Å². The van der Waals surface area contributed by atoms with E-state index < -0.39 is 0 Å². The van der Waals surface area contributed by atoms with Crippen LogP contribution in [-0.4, -0.2) is 43.3 Å². The van der Waals surface area contributed by atoms with Crippen molar-refractivity contribution in [2.45, 2.75) is 12.2 Å². The number of hydrogen-bond donors (Lipinski definition) is 1. The Kier molecular flexibility index (Phi) is 5.60. The average molecular weight is 360 g/mol. The number of aromatic nitrogens is 2. The van der Waals surface area contributed by atoms with Crippen LogP contribution in [0.15, 0.2) is 23.4 Å². The fourth-order valence-electron chi connectivity index (χ4n) is 2.57. The van der Waals surface area contributed by atoms with Crippen LogP contribution in [0.5, 0.6) is 17.2 Å². The van der Waals surface area contributed by atoms with Crippen molar-refractivity contribution in [1.82, 2.24) is 9.97 Å². The van der Waals surface area contributed by atoms with Gasteiger partial charge >= 0.3 is 0 Å². The van der Waals surface area contributed by atoms with Crippen molar-refractivity contribution in [2.75, 3.05) is 32.5 Å². The summed E-state index contributed by atoms with van der Waals surface area (Å²) in [5.74, 6) is 4.23.